The van der Waals surface area contributed by atoms with E-state index in [-0.39, 0.29) is 30.7 Å². The molecule has 1 saturated carbocycles. The van der Waals surface area contributed by atoms with Gasteiger partial charge in [-0.15, -0.1) is 0 Å². The molecule has 2 aromatic heterocycles. The first-order valence-corrected chi connectivity index (χ1v) is 7.25. The van der Waals surface area contributed by atoms with Gasteiger partial charge in [0.2, 0.25) is 5.95 Å². The summed E-state index contributed by atoms with van der Waals surface area (Å²) < 4.78 is 2.04. The summed E-state index contributed by atoms with van der Waals surface area (Å²) in [5.74, 6) is 0.819. The molecule has 0 saturated heterocycles. The Kier molecular flexibility index (Phi) is 2.90. The van der Waals surface area contributed by atoms with Crippen LogP contribution in [0, 0.1) is 5.92 Å². The fourth-order valence-corrected chi connectivity index (χ4v) is 2.78. The Balaban J connectivity index is 1.63. The first kappa shape index (κ1) is 12.7. The Morgan fingerprint density at radius 1 is 1.33 bits per heavy atom. The standard InChI is InChI=1S/C14H18N6O/c15-10-4-11(10)18-14-16-5-12-13(19-14)20(7-17-12)9-2-1-8(3-9)6-21/h1-2,5,7-11,21H,3-4,6,15H2,(H,16,18,19)/t8-,9+,10?,11?/m1/s1. The molecule has 7 heteroatoms. The number of nitrogens with zero attached hydrogens (tertiary/aromatic N) is 4. The Morgan fingerprint density at radius 3 is 2.90 bits per heavy atom. The van der Waals surface area contributed by atoms with Crippen molar-refractivity contribution in [1.29, 1.82) is 0 Å². The molecule has 2 aromatic rings. The summed E-state index contributed by atoms with van der Waals surface area (Å²) in [5.41, 5.74) is 7.39. The highest BCUT2D eigenvalue weighted by molar-refractivity contribution is 5.71. The molecule has 0 aliphatic heterocycles. The minimum Gasteiger partial charge on any atom is -0.396 e. The van der Waals surface area contributed by atoms with E-state index in [9.17, 15) is 5.11 Å². The van der Waals surface area contributed by atoms with Crippen molar-refractivity contribution in [2.24, 2.45) is 11.7 Å². The first-order chi connectivity index (χ1) is 10.2. The molecule has 1 fully saturated rings. The van der Waals surface area contributed by atoms with Crippen LogP contribution in [0.15, 0.2) is 24.7 Å². The summed E-state index contributed by atoms with van der Waals surface area (Å²) in [7, 11) is 0. The number of nitrogens with one attached hydrogen (secondary N) is 1. The maximum Gasteiger partial charge on any atom is 0.225 e. The molecule has 2 unspecified atom stereocenters. The van der Waals surface area contributed by atoms with E-state index >= 15 is 0 Å². The molecule has 2 heterocycles. The summed E-state index contributed by atoms with van der Waals surface area (Å²) in [6.45, 7) is 0.182. The van der Waals surface area contributed by atoms with Crippen LogP contribution in [0.4, 0.5) is 5.95 Å². The minimum atomic E-state index is 0.182. The molecule has 0 aromatic carbocycles. The molecule has 0 amide bonds. The molecule has 2 aliphatic rings. The van der Waals surface area contributed by atoms with E-state index in [0.29, 0.717) is 5.95 Å². The largest absolute Gasteiger partial charge is 0.396 e. The highest BCUT2D eigenvalue weighted by Crippen LogP contribution is 2.30. The van der Waals surface area contributed by atoms with Gasteiger partial charge in [-0.3, -0.25) is 0 Å². The number of allylic oxidation sites excluding steroid dienone is 1. The van der Waals surface area contributed by atoms with Gasteiger partial charge in [0.25, 0.3) is 0 Å². The lowest BCUT2D eigenvalue weighted by atomic mass is 10.1. The number of aliphatic hydroxyl groups excluding tert-OH is 1. The zero-order valence-corrected chi connectivity index (χ0v) is 11.6. The van der Waals surface area contributed by atoms with Crippen LogP contribution in [0.1, 0.15) is 18.9 Å². The van der Waals surface area contributed by atoms with Gasteiger partial charge in [-0.25, -0.2) is 9.97 Å². The lowest BCUT2D eigenvalue weighted by Gasteiger charge is -2.12. The fraction of sp³-hybridized carbons (Fsp3) is 0.500. The minimum absolute atomic E-state index is 0.182. The van der Waals surface area contributed by atoms with Crippen LogP contribution in [0.2, 0.25) is 0 Å². The predicted octanol–water partition coefficient (Wildman–Crippen LogP) is 0.447. The number of hydrogen-bond acceptors (Lipinski definition) is 6. The number of aliphatic hydroxyl groups is 1. The van der Waals surface area contributed by atoms with Crippen LogP contribution in [-0.4, -0.2) is 43.3 Å². The molecule has 0 bridgehead atoms. The van der Waals surface area contributed by atoms with Gasteiger partial charge in [0.15, 0.2) is 5.65 Å². The summed E-state index contributed by atoms with van der Waals surface area (Å²) in [6, 6.07) is 0.680. The number of fused-ring (bicyclic) bond motifs is 1. The third kappa shape index (κ3) is 2.28. The zero-order valence-electron chi connectivity index (χ0n) is 11.6. The van der Waals surface area contributed by atoms with Crippen molar-refractivity contribution in [2.45, 2.75) is 31.0 Å². The number of hydrogen-bond donors (Lipinski definition) is 3. The summed E-state index contributed by atoms with van der Waals surface area (Å²) in [6.07, 6.45) is 9.53. The van der Waals surface area contributed by atoms with Gasteiger partial charge in [0, 0.05) is 24.6 Å². The van der Waals surface area contributed by atoms with Gasteiger partial charge in [-0.05, 0) is 12.8 Å². The highest BCUT2D eigenvalue weighted by atomic mass is 16.3. The molecular weight excluding hydrogens is 268 g/mol. The lowest BCUT2D eigenvalue weighted by molar-refractivity contribution is 0.244. The van der Waals surface area contributed by atoms with Gasteiger partial charge in [0.1, 0.15) is 5.52 Å². The molecule has 4 rings (SSSR count). The van der Waals surface area contributed by atoms with Crippen LogP contribution in [-0.2, 0) is 0 Å². The topological polar surface area (TPSA) is 102 Å². The van der Waals surface area contributed by atoms with Gasteiger partial charge in [0.05, 0.1) is 18.6 Å². The van der Waals surface area contributed by atoms with Crippen molar-refractivity contribution in [3.63, 3.8) is 0 Å². The normalized spacial score (nSPS) is 31.0. The van der Waals surface area contributed by atoms with E-state index in [4.69, 9.17) is 5.73 Å². The second-order valence-electron chi connectivity index (χ2n) is 5.84. The molecule has 7 nitrogen and oxygen atoms in total. The Hall–Kier alpha value is -1.99. The second kappa shape index (κ2) is 4.78. The third-order valence-electron chi connectivity index (χ3n) is 4.21. The number of rotatable bonds is 4. The Labute approximate surface area is 121 Å². The van der Waals surface area contributed by atoms with E-state index in [2.05, 4.69) is 32.4 Å². The number of aromatic nitrogens is 4. The fourth-order valence-electron chi connectivity index (χ4n) is 2.78. The molecule has 21 heavy (non-hydrogen) atoms. The molecule has 4 atom stereocenters. The number of nitrogens with two attached hydrogens (primary N) is 1. The van der Waals surface area contributed by atoms with Crippen molar-refractivity contribution in [1.82, 2.24) is 19.5 Å². The van der Waals surface area contributed by atoms with Crippen LogP contribution in [0.25, 0.3) is 11.2 Å². The Morgan fingerprint density at radius 2 is 2.19 bits per heavy atom. The molecule has 4 N–H and O–H groups in total. The predicted molar refractivity (Wildman–Crippen MR) is 78.7 cm³/mol. The van der Waals surface area contributed by atoms with Gasteiger partial charge in [-0.2, -0.15) is 4.98 Å². The lowest BCUT2D eigenvalue weighted by Crippen LogP contribution is -2.15. The van der Waals surface area contributed by atoms with Crippen molar-refractivity contribution >= 4 is 17.1 Å². The Bertz CT molecular complexity index is 696. The van der Waals surface area contributed by atoms with E-state index in [1.54, 1.807) is 12.5 Å². The van der Waals surface area contributed by atoms with E-state index in [1.165, 1.54) is 0 Å². The molecule has 0 radical (unpaired) electrons. The monoisotopic (exact) mass is 286 g/mol. The molecule has 2 aliphatic carbocycles. The SMILES string of the molecule is NC1CC1Nc1ncc2ncn([C@H]3C=C[C@@H](CO)C3)c2n1. The highest BCUT2D eigenvalue weighted by Gasteiger charge is 2.34. The van der Waals surface area contributed by atoms with Gasteiger partial charge >= 0.3 is 0 Å². The van der Waals surface area contributed by atoms with Crippen LogP contribution >= 0.6 is 0 Å². The third-order valence-corrected chi connectivity index (χ3v) is 4.21. The number of anilines is 1. The zero-order chi connectivity index (χ0) is 14.4. The summed E-state index contributed by atoms with van der Waals surface area (Å²) >= 11 is 0. The smallest absolute Gasteiger partial charge is 0.225 e. The second-order valence-corrected chi connectivity index (χ2v) is 5.84. The average molecular weight is 286 g/mol. The molecular formula is C14H18N6O. The van der Waals surface area contributed by atoms with E-state index in [0.717, 1.165) is 24.0 Å². The maximum absolute atomic E-state index is 9.25. The van der Waals surface area contributed by atoms with Gasteiger partial charge < -0.3 is 20.7 Å². The molecule has 0 spiro atoms. The average Bonchev–Trinajstić information content (AvgIpc) is 2.94. The van der Waals surface area contributed by atoms with E-state index in [1.807, 2.05) is 4.57 Å². The van der Waals surface area contributed by atoms with Crippen molar-refractivity contribution in [3.8, 4) is 0 Å². The maximum atomic E-state index is 9.25. The first-order valence-electron chi connectivity index (χ1n) is 7.25. The van der Waals surface area contributed by atoms with E-state index < -0.39 is 0 Å². The van der Waals surface area contributed by atoms with Crippen molar-refractivity contribution in [2.75, 3.05) is 11.9 Å². The van der Waals surface area contributed by atoms with Crippen molar-refractivity contribution < 1.29 is 5.11 Å². The van der Waals surface area contributed by atoms with Gasteiger partial charge in [-0.1, -0.05) is 12.2 Å². The van der Waals surface area contributed by atoms with Crippen LogP contribution < -0.4 is 11.1 Å². The number of imidazole rings is 1. The van der Waals surface area contributed by atoms with Crippen LogP contribution in [0.5, 0.6) is 0 Å². The summed E-state index contributed by atoms with van der Waals surface area (Å²) in [5, 5.41) is 12.5. The summed E-state index contributed by atoms with van der Waals surface area (Å²) in [4.78, 5) is 13.2. The van der Waals surface area contributed by atoms with Crippen molar-refractivity contribution in [3.05, 3.63) is 24.7 Å². The van der Waals surface area contributed by atoms with Crippen LogP contribution in [0.3, 0.4) is 0 Å². The molecule has 110 valence electrons. The quantitative estimate of drug-likeness (QED) is 0.705.